The average molecular weight is 561 g/mol. The van der Waals surface area contributed by atoms with Crippen molar-refractivity contribution >= 4 is 75.7 Å². The van der Waals surface area contributed by atoms with Crippen LogP contribution in [0.15, 0.2) is 41.6 Å². The van der Waals surface area contributed by atoms with E-state index < -0.39 is 6.04 Å². The number of nitrogens with zero attached hydrogens (tertiary/aromatic N) is 3. The molecular formula is C22H21Cl4N5O2S. The van der Waals surface area contributed by atoms with E-state index in [1.54, 1.807) is 35.9 Å². The number of hydrogen-bond acceptors (Lipinski definition) is 5. The normalized spacial score (nSPS) is 12.0. The van der Waals surface area contributed by atoms with Gasteiger partial charge < -0.3 is 15.2 Å². The number of benzene rings is 2. The first-order valence-electron chi connectivity index (χ1n) is 10.1. The number of halogens is 4. The van der Waals surface area contributed by atoms with Crippen LogP contribution in [0.25, 0.3) is 0 Å². The third-order valence-electron chi connectivity index (χ3n) is 4.81. The highest BCUT2D eigenvalue weighted by molar-refractivity contribution is 7.99. The quantitative estimate of drug-likeness (QED) is 0.316. The number of nitrogens with one attached hydrogen (secondary N) is 2. The minimum absolute atomic E-state index is 0.0366. The molecular weight excluding hydrogens is 540 g/mol. The zero-order valence-electron chi connectivity index (χ0n) is 18.4. The lowest BCUT2D eigenvalue weighted by Gasteiger charge is -2.21. The summed E-state index contributed by atoms with van der Waals surface area (Å²) in [6.07, 6.45) is 0. The van der Waals surface area contributed by atoms with E-state index >= 15 is 0 Å². The second kappa shape index (κ2) is 11.6. The lowest BCUT2D eigenvalue weighted by Crippen LogP contribution is -2.33. The van der Waals surface area contributed by atoms with Crippen molar-refractivity contribution in [3.63, 3.8) is 0 Å². The molecule has 0 unspecified atom stereocenters. The van der Waals surface area contributed by atoms with Gasteiger partial charge in [0, 0.05) is 22.7 Å². The molecule has 3 rings (SSSR count). The Bertz CT molecular complexity index is 1180. The average Bonchev–Trinajstić information content (AvgIpc) is 3.13. The van der Waals surface area contributed by atoms with Crippen molar-refractivity contribution in [2.24, 2.45) is 13.0 Å². The van der Waals surface area contributed by atoms with Crippen LogP contribution in [0.5, 0.6) is 0 Å². The molecule has 7 nitrogen and oxygen atoms in total. The van der Waals surface area contributed by atoms with E-state index in [4.69, 9.17) is 46.4 Å². The summed E-state index contributed by atoms with van der Waals surface area (Å²) in [6.45, 7) is 3.95. The lowest BCUT2D eigenvalue weighted by molar-refractivity contribution is -0.113. The van der Waals surface area contributed by atoms with E-state index in [1.807, 2.05) is 13.8 Å². The summed E-state index contributed by atoms with van der Waals surface area (Å²) >= 11 is 25.3. The fourth-order valence-electron chi connectivity index (χ4n) is 3.05. The fourth-order valence-corrected chi connectivity index (χ4v) is 4.80. The summed E-state index contributed by atoms with van der Waals surface area (Å²) in [5, 5.41) is 16.1. The van der Waals surface area contributed by atoms with Crippen LogP contribution in [0.3, 0.4) is 0 Å². The summed E-state index contributed by atoms with van der Waals surface area (Å²) < 4.78 is 1.76. The standard InChI is InChI=1S/C22H21Cl4N5O2S/c1-11(2)18(28-21(33)12-4-6-13(23)7-5-12)20-29-30-22(31(20)3)34-10-17(32)27-19-15(25)8-14(24)9-16(19)26/h4-9,11,18H,10H2,1-3H3,(H,27,32)(H,28,33)/t18-/m0/s1. The molecule has 2 N–H and O–H groups in total. The number of anilines is 1. The highest BCUT2D eigenvalue weighted by atomic mass is 35.5. The molecule has 0 aliphatic heterocycles. The Hall–Kier alpha value is -1.97. The van der Waals surface area contributed by atoms with Crippen molar-refractivity contribution in [1.82, 2.24) is 20.1 Å². The van der Waals surface area contributed by atoms with Crippen LogP contribution in [0.1, 0.15) is 36.1 Å². The first-order chi connectivity index (χ1) is 16.1. The minimum atomic E-state index is -0.393. The Morgan fingerprint density at radius 3 is 2.21 bits per heavy atom. The molecule has 2 amide bonds. The zero-order chi connectivity index (χ0) is 25.0. The van der Waals surface area contributed by atoms with Gasteiger partial charge in [0.2, 0.25) is 5.91 Å². The Morgan fingerprint density at radius 2 is 1.62 bits per heavy atom. The third-order valence-corrected chi connectivity index (χ3v) is 6.90. The van der Waals surface area contributed by atoms with E-state index in [2.05, 4.69) is 20.8 Å². The predicted molar refractivity (Wildman–Crippen MR) is 138 cm³/mol. The maximum Gasteiger partial charge on any atom is 0.251 e. The summed E-state index contributed by atoms with van der Waals surface area (Å²) in [6, 6.07) is 9.24. The fraction of sp³-hybridized carbons (Fsp3) is 0.273. The van der Waals surface area contributed by atoms with Crippen molar-refractivity contribution in [2.45, 2.75) is 25.0 Å². The smallest absolute Gasteiger partial charge is 0.251 e. The maximum absolute atomic E-state index is 12.7. The topological polar surface area (TPSA) is 88.9 Å². The SMILES string of the molecule is CC(C)[C@H](NC(=O)c1ccc(Cl)cc1)c1nnc(SCC(=O)Nc2c(Cl)cc(Cl)cc2Cl)n1C. The van der Waals surface area contributed by atoms with Gasteiger partial charge in [-0.3, -0.25) is 9.59 Å². The van der Waals surface area contributed by atoms with Crippen molar-refractivity contribution < 1.29 is 9.59 Å². The first kappa shape index (κ1) is 26.6. The highest BCUT2D eigenvalue weighted by Gasteiger charge is 2.25. The Morgan fingerprint density at radius 1 is 1.00 bits per heavy atom. The molecule has 0 saturated carbocycles. The largest absolute Gasteiger partial charge is 0.342 e. The number of thioether (sulfide) groups is 1. The van der Waals surface area contributed by atoms with Crippen LogP contribution >= 0.6 is 58.2 Å². The van der Waals surface area contributed by atoms with E-state index in [0.29, 0.717) is 32.3 Å². The van der Waals surface area contributed by atoms with E-state index in [0.717, 1.165) is 0 Å². The summed E-state index contributed by atoms with van der Waals surface area (Å²) in [5.41, 5.74) is 0.782. The molecule has 1 aromatic heterocycles. The van der Waals surface area contributed by atoms with Gasteiger partial charge in [-0.15, -0.1) is 10.2 Å². The molecule has 0 bridgehead atoms. The minimum Gasteiger partial charge on any atom is -0.342 e. The van der Waals surface area contributed by atoms with Crippen LogP contribution in [0, 0.1) is 5.92 Å². The number of hydrogen-bond donors (Lipinski definition) is 2. The number of amides is 2. The molecule has 34 heavy (non-hydrogen) atoms. The van der Waals surface area contributed by atoms with Gasteiger partial charge in [-0.2, -0.15) is 0 Å². The third kappa shape index (κ3) is 6.58. The predicted octanol–water partition coefficient (Wildman–Crippen LogP) is 6.29. The Labute approximate surface area is 221 Å². The second-order valence-corrected chi connectivity index (χ2v) is 10.3. The van der Waals surface area contributed by atoms with E-state index in [1.165, 1.54) is 23.9 Å². The van der Waals surface area contributed by atoms with Crippen LogP contribution in [-0.2, 0) is 11.8 Å². The van der Waals surface area contributed by atoms with Gasteiger partial charge in [0.15, 0.2) is 11.0 Å². The molecule has 0 aliphatic carbocycles. The van der Waals surface area contributed by atoms with Crippen molar-refractivity contribution in [3.05, 3.63) is 67.9 Å². The van der Waals surface area contributed by atoms with Gasteiger partial charge in [-0.25, -0.2) is 0 Å². The molecule has 0 fully saturated rings. The van der Waals surface area contributed by atoms with Gasteiger partial charge in [-0.1, -0.05) is 72.0 Å². The summed E-state index contributed by atoms with van der Waals surface area (Å²) in [4.78, 5) is 25.2. The molecule has 12 heteroatoms. The molecule has 1 atom stereocenters. The summed E-state index contributed by atoms with van der Waals surface area (Å²) in [7, 11) is 1.78. The van der Waals surface area contributed by atoms with Crippen LogP contribution in [0.4, 0.5) is 5.69 Å². The highest BCUT2D eigenvalue weighted by Crippen LogP contribution is 2.34. The molecule has 0 radical (unpaired) electrons. The van der Waals surface area contributed by atoms with Crippen molar-refractivity contribution in [2.75, 3.05) is 11.1 Å². The molecule has 0 aliphatic rings. The number of aromatic nitrogens is 3. The van der Waals surface area contributed by atoms with Crippen molar-refractivity contribution in [3.8, 4) is 0 Å². The Balaban J connectivity index is 1.68. The van der Waals surface area contributed by atoms with E-state index in [-0.39, 0.29) is 33.5 Å². The number of rotatable bonds is 8. The Kier molecular flexibility index (Phi) is 9.12. The van der Waals surface area contributed by atoms with Gasteiger partial charge in [0.25, 0.3) is 5.91 Å². The monoisotopic (exact) mass is 559 g/mol. The van der Waals surface area contributed by atoms with Crippen LogP contribution < -0.4 is 10.6 Å². The van der Waals surface area contributed by atoms with Crippen LogP contribution in [0.2, 0.25) is 20.1 Å². The van der Waals surface area contributed by atoms with Gasteiger partial charge in [0.05, 0.1) is 27.5 Å². The summed E-state index contributed by atoms with van der Waals surface area (Å²) in [5.74, 6) is 0.0874. The van der Waals surface area contributed by atoms with Gasteiger partial charge in [-0.05, 0) is 42.3 Å². The molecule has 180 valence electrons. The second-order valence-electron chi connectivity index (χ2n) is 7.68. The number of carbonyl (C=O) groups excluding carboxylic acids is 2. The molecule has 1 heterocycles. The van der Waals surface area contributed by atoms with Gasteiger partial charge >= 0.3 is 0 Å². The molecule has 0 spiro atoms. The van der Waals surface area contributed by atoms with Crippen molar-refractivity contribution in [1.29, 1.82) is 0 Å². The first-order valence-corrected chi connectivity index (χ1v) is 12.6. The molecule has 0 saturated heterocycles. The molecule has 2 aromatic carbocycles. The van der Waals surface area contributed by atoms with Crippen LogP contribution in [-0.4, -0.2) is 32.3 Å². The lowest BCUT2D eigenvalue weighted by atomic mass is 10.0. The zero-order valence-corrected chi connectivity index (χ0v) is 22.2. The maximum atomic E-state index is 12.7. The molecule has 3 aromatic rings. The van der Waals surface area contributed by atoms with Gasteiger partial charge in [0.1, 0.15) is 0 Å². The van der Waals surface area contributed by atoms with E-state index in [9.17, 15) is 9.59 Å². The number of carbonyl (C=O) groups is 2.